The van der Waals surface area contributed by atoms with Gasteiger partial charge in [0.15, 0.2) is 5.78 Å². The van der Waals surface area contributed by atoms with Gasteiger partial charge in [-0.3, -0.25) is 9.59 Å². The molecule has 1 aromatic rings. The monoisotopic (exact) mass is 348 g/mol. The summed E-state index contributed by atoms with van der Waals surface area (Å²) in [5.41, 5.74) is 5.93. The van der Waals surface area contributed by atoms with Crippen molar-refractivity contribution in [3.8, 4) is 0 Å². The predicted octanol–water partition coefficient (Wildman–Crippen LogP) is 2.52. The molecular formula is C14H15Cl3N2O2. The van der Waals surface area contributed by atoms with Crippen LogP contribution in [0.2, 0.25) is 0 Å². The van der Waals surface area contributed by atoms with E-state index >= 15 is 0 Å². The maximum atomic E-state index is 12.0. The molecule has 0 radical (unpaired) electrons. The van der Waals surface area contributed by atoms with E-state index in [9.17, 15) is 9.59 Å². The van der Waals surface area contributed by atoms with E-state index in [2.05, 4.69) is 5.32 Å². The molecule has 0 unspecified atom stereocenters. The van der Waals surface area contributed by atoms with Gasteiger partial charge in [0.05, 0.1) is 5.70 Å². The maximum Gasteiger partial charge on any atom is 0.256 e. The molecule has 0 heterocycles. The quantitative estimate of drug-likeness (QED) is 0.371. The molecule has 0 atom stereocenters. The van der Waals surface area contributed by atoms with Gasteiger partial charge in [-0.1, -0.05) is 65.1 Å². The molecule has 0 aliphatic heterocycles. The molecule has 0 saturated heterocycles. The van der Waals surface area contributed by atoms with Crippen molar-refractivity contribution in [1.82, 2.24) is 5.32 Å². The second-order valence-corrected chi connectivity index (χ2v) is 6.62. The first-order valence-electron chi connectivity index (χ1n) is 6.13. The summed E-state index contributed by atoms with van der Waals surface area (Å²) in [5.74, 6) is -1.21. The lowest BCUT2D eigenvalue weighted by molar-refractivity contribution is -0.121. The molecule has 114 valence electrons. The lowest BCUT2D eigenvalue weighted by Gasteiger charge is -2.15. The average molecular weight is 350 g/mol. The van der Waals surface area contributed by atoms with Crippen LogP contribution in [0, 0.1) is 0 Å². The third-order valence-electron chi connectivity index (χ3n) is 2.70. The Labute approximate surface area is 138 Å². The van der Waals surface area contributed by atoms with Crippen LogP contribution in [0.3, 0.4) is 0 Å². The molecule has 3 N–H and O–H groups in total. The number of hydrogen-bond acceptors (Lipinski definition) is 3. The van der Waals surface area contributed by atoms with Gasteiger partial charge in [0, 0.05) is 6.54 Å². The van der Waals surface area contributed by atoms with Crippen LogP contribution in [0.25, 0.3) is 0 Å². The second-order valence-electron chi connectivity index (χ2n) is 4.33. The van der Waals surface area contributed by atoms with Crippen LogP contribution in [-0.2, 0) is 16.0 Å². The van der Waals surface area contributed by atoms with Crippen LogP contribution in [0.4, 0.5) is 0 Å². The van der Waals surface area contributed by atoms with Gasteiger partial charge in [0.25, 0.3) is 5.91 Å². The summed E-state index contributed by atoms with van der Waals surface area (Å²) in [6.07, 6.45) is 0.617. The zero-order chi connectivity index (χ0) is 16.0. The average Bonchev–Trinajstić information content (AvgIpc) is 2.38. The first-order chi connectivity index (χ1) is 9.73. The van der Waals surface area contributed by atoms with Crippen LogP contribution >= 0.6 is 34.8 Å². The summed E-state index contributed by atoms with van der Waals surface area (Å²) >= 11 is 16.8. The Balaban J connectivity index is 2.74. The SMILES string of the molecule is CC(=O)/C(C(=O)NCCc1ccccc1)=C(/N)C(Cl)(Cl)Cl. The molecule has 0 spiro atoms. The number of nitrogens with two attached hydrogens (primary N) is 1. The van der Waals surface area contributed by atoms with E-state index in [-0.39, 0.29) is 11.3 Å². The van der Waals surface area contributed by atoms with Gasteiger partial charge >= 0.3 is 0 Å². The number of ketones is 1. The molecule has 21 heavy (non-hydrogen) atoms. The fourth-order valence-corrected chi connectivity index (χ4v) is 1.95. The molecular weight excluding hydrogens is 335 g/mol. The van der Waals surface area contributed by atoms with Crippen molar-refractivity contribution in [2.75, 3.05) is 6.54 Å². The van der Waals surface area contributed by atoms with Crippen molar-refractivity contribution in [3.63, 3.8) is 0 Å². The number of carbonyl (C=O) groups is 2. The third kappa shape index (κ3) is 5.58. The Kier molecular flexibility index (Phi) is 6.52. The number of nitrogens with one attached hydrogen (secondary N) is 1. The summed E-state index contributed by atoms with van der Waals surface area (Å²) in [4.78, 5) is 23.5. The highest BCUT2D eigenvalue weighted by molar-refractivity contribution is 6.69. The van der Waals surface area contributed by atoms with Gasteiger partial charge in [-0.05, 0) is 18.9 Å². The van der Waals surface area contributed by atoms with Crippen LogP contribution in [0.15, 0.2) is 41.6 Å². The van der Waals surface area contributed by atoms with Gasteiger partial charge in [0.1, 0.15) is 5.57 Å². The molecule has 1 amide bonds. The normalized spacial score (nSPS) is 12.6. The van der Waals surface area contributed by atoms with Crippen LogP contribution in [0.1, 0.15) is 12.5 Å². The topological polar surface area (TPSA) is 72.2 Å². The molecule has 0 aliphatic carbocycles. The Hall–Kier alpha value is -1.23. The number of carbonyl (C=O) groups excluding carboxylic acids is 2. The number of Topliss-reactive ketones (excluding diaryl/α,β-unsaturated/α-hetero) is 1. The molecule has 0 fully saturated rings. The van der Waals surface area contributed by atoms with E-state index in [0.29, 0.717) is 13.0 Å². The molecule has 7 heteroatoms. The van der Waals surface area contributed by atoms with Gasteiger partial charge in [0.2, 0.25) is 3.79 Å². The molecule has 0 bridgehead atoms. The standard InChI is InChI=1S/C14H15Cl3N2O2/c1-9(20)11(12(18)14(15,16)17)13(21)19-8-7-10-5-3-2-4-6-10/h2-6H,7-8,18H2,1H3,(H,19,21)/b12-11-. The van der Waals surface area contributed by atoms with Crippen molar-refractivity contribution in [3.05, 3.63) is 47.2 Å². The number of alkyl halides is 3. The number of amides is 1. The molecule has 0 saturated carbocycles. The molecule has 4 nitrogen and oxygen atoms in total. The fourth-order valence-electron chi connectivity index (χ4n) is 1.67. The number of allylic oxidation sites excluding steroid dienone is 1. The van der Waals surface area contributed by atoms with Crippen molar-refractivity contribution < 1.29 is 9.59 Å². The summed E-state index contributed by atoms with van der Waals surface area (Å²) in [6, 6.07) is 9.57. The Morgan fingerprint density at radius 2 is 1.76 bits per heavy atom. The molecule has 1 aromatic carbocycles. The van der Waals surface area contributed by atoms with Gasteiger partial charge in [-0.25, -0.2) is 0 Å². The van der Waals surface area contributed by atoms with E-state index in [1.165, 1.54) is 6.92 Å². The smallest absolute Gasteiger partial charge is 0.256 e. The fraction of sp³-hybridized carbons (Fsp3) is 0.286. The highest BCUT2D eigenvalue weighted by atomic mass is 35.6. The van der Waals surface area contributed by atoms with Gasteiger partial charge in [-0.15, -0.1) is 0 Å². The summed E-state index contributed by atoms with van der Waals surface area (Å²) < 4.78 is -2.00. The minimum absolute atomic E-state index is 0.330. The predicted molar refractivity (Wildman–Crippen MR) is 85.3 cm³/mol. The third-order valence-corrected chi connectivity index (χ3v) is 3.31. The zero-order valence-electron chi connectivity index (χ0n) is 11.3. The first kappa shape index (κ1) is 17.8. The van der Waals surface area contributed by atoms with Crippen molar-refractivity contribution in [1.29, 1.82) is 0 Å². The van der Waals surface area contributed by atoms with Crippen LogP contribution in [-0.4, -0.2) is 22.0 Å². The van der Waals surface area contributed by atoms with E-state index in [4.69, 9.17) is 40.5 Å². The lowest BCUT2D eigenvalue weighted by atomic mass is 10.1. The van der Waals surface area contributed by atoms with E-state index in [0.717, 1.165) is 5.56 Å². The van der Waals surface area contributed by atoms with Gasteiger partial charge in [-0.2, -0.15) is 0 Å². The Morgan fingerprint density at radius 1 is 1.19 bits per heavy atom. The minimum atomic E-state index is -2.00. The number of benzene rings is 1. The number of halogens is 3. The Morgan fingerprint density at radius 3 is 2.24 bits per heavy atom. The number of rotatable bonds is 5. The van der Waals surface area contributed by atoms with Gasteiger partial charge < -0.3 is 11.1 Å². The van der Waals surface area contributed by atoms with Crippen LogP contribution in [0.5, 0.6) is 0 Å². The van der Waals surface area contributed by atoms with Crippen LogP contribution < -0.4 is 11.1 Å². The highest BCUT2D eigenvalue weighted by Gasteiger charge is 2.31. The molecule has 1 rings (SSSR count). The summed E-state index contributed by atoms with van der Waals surface area (Å²) in [6.45, 7) is 1.53. The first-order valence-corrected chi connectivity index (χ1v) is 7.27. The Bertz CT molecular complexity index is 551. The van der Waals surface area contributed by atoms with E-state index in [1.54, 1.807) is 0 Å². The van der Waals surface area contributed by atoms with Crippen molar-refractivity contribution in [2.45, 2.75) is 17.1 Å². The lowest BCUT2D eigenvalue weighted by Crippen LogP contribution is -2.34. The number of hydrogen-bond donors (Lipinski definition) is 2. The summed E-state index contributed by atoms with van der Waals surface area (Å²) in [7, 11) is 0. The zero-order valence-corrected chi connectivity index (χ0v) is 13.6. The summed E-state index contributed by atoms with van der Waals surface area (Å²) in [5, 5.41) is 2.59. The second kappa shape index (κ2) is 7.69. The van der Waals surface area contributed by atoms with Crippen molar-refractivity contribution >= 4 is 46.5 Å². The maximum absolute atomic E-state index is 12.0. The van der Waals surface area contributed by atoms with E-state index in [1.807, 2.05) is 30.3 Å². The minimum Gasteiger partial charge on any atom is -0.398 e. The van der Waals surface area contributed by atoms with Crippen molar-refractivity contribution in [2.24, 2.45) is 5.73 Å². The molecule has 0 aliphatic rings. The largest absolute Gasteiger partial charge is 0.398 e. The van der Waals surface area contributed by atoms with E-state index < -0.39 is 15.5 Å². The molecule has 0 aromatic heterocycles. The highest BCUT2D eigenvalue weighted by Crippen LogP contribution is 2.33.